The van der Waals surface area contributed by atoms with Gasteiger partial charge in [0.25, 0.3) is 0 Å². The summed E-state index contributed by atoms with van der Waals surface area (Å²) in [6.07, 6.45) is 3.74. The van der Waals surface area contributed by atoms with Crippen molar-refractivity contribution in [3.8, 4) is 6.07 Å². The molecule has 0 aromatic carbocycles. The van der Waals surface area contributed by atoms with Gasteiger partial charge in [0.15, 0.2) is 5.82 Å². The maximum atomic E-state index is 8.80. The van der Waals surface area contributed by atoms with Crippen molar-refractivity contribution >= 4 is 5.82 Å². The second kappa shape index (κ2) is 5.29. The summed E-state index contributed by atoms with van der Waals surface area (Å²) in [5.41, 5.74) is 0.580. The number of pyridine rings is 1. The molecule has 1 aliphatic heterocycles. The fourth-order valence-corrected chi connectivity index (χ4v) is 2.52. The number of rotatable bonds is 2. The van der Waals surface area contributed by atoms with Crippen LogP contribution in [0, 0.1) is 18.3 Å². The summed E-state index contributed by atoms with van der Waals surface area (Å²) in [5.74, 6) is 2.56. The molecular formula is C14H15N5O. The smallest absolute Gasteiger partial charge is 0.223 e. The van der Waals surface area contributed by atoms with Crippen LogP contribution in [0.15, 0.2) is 22.9 Å². The highest BCUT2D eigenvalue weighted by molar-refractivity contribution is 5.42. The fourth-order valence-electron chi connectivity index (χ4n) is 2.52. The summed E-state index contributed by atoms with van der Waals surface area (Å²) >= 11 is 0. The van der Waals surface area contributed by atoms with Gasteiger partial charge in [0.1, 0.15) is 11.9 Å². The first kappa shape index (κ1) is 12.6. The third-order valence-electron chi connectivity index (χ3n) is 3.53. The second-order valence-electron chi connectivity index (χ2n) is 4.97. The molecule has 0 amide bonds. The Kier molecular flexibility index (Phi) is 3.33. The summed E-state index contributed by atoms with van der Waals surface area (Å²) < 4.78 is 5.06. The van der Waals surface area contributed by atoms with E-state index in [2.05, 4.69) is 26.1 Å². The molecule has 102 valence electrons. The van der Waals surface area contributed by atoms with Crippen LogP contribution in [-0.4, -0.2) is 28.2 Å². The predicted molar refractivity (Wildman–Crippen MR) is 72.2 cm³/mol. The summed E-state index contributed by atoms with van der Waals surface area (Å²) in [5, 5.41) is 12.8. The second-order valence-corrected chi connectivity index (χ2v) is 4.97. The molecule has 0 spiro atoms. The molecule has 0 bridgehead atoms. The van der Waals surface area contributed by atoms with Gasteiger partial charge in [-0.15, -0.1) is 0 Å². The molecule has 1 aliphatic rings. The lowest BCUT2D eigenvalue weighted by Gasteiger charge is -2.32. The van der Waals surface area contributed by atoms with Crippen molar-refractivity contribution in [1.29, 1.82) is 5.26 Å². The summed E-state index contributed by atoms with van der Waals surface area (Å²) in [6.45, 7) is 3.60. The molecule has 1 saturated heterocycles. The lowest BCUT2D eigenvalue weighted by molar-refractivity contribution is 0.376. The van der Waals surface area contributed by atoms with E-state index >= 15 is 0 Å². The van der Waals surface area contributed by atoms with Crippen LogP contribution < -0.4 is 4.90 Å². The Morgan fingerprint density at radius 3 is 3.00 bits per heavy atom. The van der Waals surface area contributed by atoms with Gasteiger partial charge in [0.05, 0.1) is 5.56 Å². The number of aromatic nitrogens is 3. The molecule has 3 rings (SSSR count). The molecule has 1 fully saturated rings. The molecular weight excluding hydrogens is 254 g/mol. The molecule has 0 aliphatic carbocycles. The van der Waals surface area contributed by atoms with Crippen molar-refractivity contribution in [1.82, 2.24) is 15.1 Å². The van der Waals surface area contributed by atoms with Crippen molar-refractivity contribution in [3.05, 3.63) is 35.6 Å². The van der Waals surface area contributed by atoms with Crippen molar-refractivity contribution in [2.45, 2.75) is 25.7 Å². The number of nitrogens with zero attached hydrogens (tertiary/aromatic N) is 5. The molecule has 3 heterocycles. The SMILES string of the molecule is Cc1nc(C2CCCN(c3ccc(C#N)cn3)C2)no1. The molecule has 1 atom stereocenters. The number of nitriles is 1. The van der Waals surface area contributed by atoms with Gasteiger partial charge in [-0.05, 0) is 25.0 Å². The van der Waals surface area contributed by atoms with Gasteiger partial charge < -0.3 is 9.42 Å². The Labute approximate surface area is 117 Å². The van der Waals surface area contributed by atoms with Crippen LogP contribution in [0.5, 0.6) is 0 Å². The maximum absolute atomic E-state index is 8.80. The zero-order chi connectivity index (χ0) is 13.9. The molecule has 6 heteroatoms. The Hall–Kier alpha value is -2.42. The molecule has 0 saturated carbocycles. The first-order valence-electron chi connectivity index (χ1n) is 6.67. The van der Waals surface area contributed by atoms with Crippen molar-refractivity contribution < 1.29 is 4.52 Å². The Morgan fingerprint density at radius 2 is 2.35 bits per heavy atom. The van der Waals surface area contributed by atoms with Crippen LogP contribution in [0.25, 0.3) is 0 Å². The van der Waals surface area contributed by atoms with Gasteiger partial charge in [-0.3, -0.25) is 0 Å². The number of piperidine rings is 1. The molecule has 1 unspecified atom stereocenters. The predicted octanol–water partition coefficient (Wildman–Crippen LogP) is 2.03. The highest BCUT2D eigenvalue weighted by Crippen LogP contribution is 2.27. The van der Waals surface area contributed by atoms with E-state index in [1.54, 1.807) is 19.2 Å². The molecule has 2 aromatic heterocycles. The van der Waals surface area contributed by atoms with Crippen LogP contribution in [-0.2, 0) is 0 Å². The third kappa shape index (κ3) is 2.48. The highest BCUT2D eigenvalue weighted by atomic mass is 16.5. The van der Waals surface area contributed by atoms with E-state index in [1.165, 1.54) is 0 Å². The van der Waals surface area contributed by atoms with E-state index in [1.807, 2.05) is 6.07 Å². The third-order valence-corrected chi connectivity index (χ3v) is 3.53. The number of anilines is 1. The zero-order valence-electron chi connectivity index (χ0n) is 11.3. The average molecular weight is 269 g/mol. The van der Waals surface area contributed by atoms with E-state index in [-0.39, 0.29) is 5.92 Å². The van der Waals surface area contributed by atoms with Crippen LogP contribution in [0.4, 0.5) is 5.82 Å². The molecule has 6 nitrogen and oxygen atoms in total. The minimum Gasteiger partial charge on any atom is -0.356 e. The van der Waals surface area contributed by atoms with E-state index in [9.17, 15) is 0 Å². The van der Waals surface area contributed by atoms with E-state index in [4.69, 9.17) is 9.78 Å². The largest absolute Gasteiger partial charge is 0.356 e. The molecule has 20 heavy (non-hydrogen) atoms. The first-order chi connectivity index (χ1) is 9.76. The first-order valence-corrected chi connectivity index (χ1v) is 6.67. The topological polar surface area (TPSA) is 78.8 Å². The zero-order valence-corrected chi connectivity index (χ0v) is 11.3. The van der Waals surface area contributed by atoms with Crippen molar-refractivity contribution in [2.75, 3.05) is 18.0 Å². The van der Waals surface area contributed by atoms with Gasteiger partial charge in [-0.1, -0.05) is 5.16 Å². The summed E-state index contributed by atoms with van der Waals surface area (Å²) in [6, 6.07) is 5.77. The van der Waals surface area contributed by atoms with E-state index < -0.39 is 0 Å². The lowest BCUT2D eigenvalue weighted by atomic mass is 9.97. The van der Waals surface area contributed by atoms with Crippen molar-refractivity contribution in [2.24, 2.45) is 0 Å². The minimum absolute atomic E-state index is 0.277. The van der Waals surface area contributed by atoms with E-state index in [0.29, 0.717) is 11.5 Å². The fraction of sp³-hybridized carbons (Fsp3) is 0.429. The number of aryl methyl sites for hydroxylation is 1. The van der Waals surface area contributed by atoms with Gasteiger partial charge in [0.2, 0.25) is 5.89 Å². The lowest BCUT2D eigenvalue weighted by Crippen LogP contribution is -2.35. The van der Waals surface area contributed by atoms with Gasteiger partial charge in [0, 0.05) is 32.1 Å². The monoisotopic (exact) mass is 269 g/mol. The molecule has 0 radical (unpaired) electrons. The molecule has 2 aromatic rings. The maximum Gasteiger partial charge on any atom is 0.223 e. The number of hydrogen-bond donors (Lipinski definition) is 0. The molecule has 0 N–H and O–H groups in total. The number of hydrogen-bond acceptors (Lipinski definition) is 6. The average Bonchev–Trinajstić information content (AvgIpc) is 2.94. The Morgan fingerprint density at radius 1 is 1.45 bits per heavy atom. The van der Waals surface area contributed by atoms with Crippen LogP contribution in [0.2, 0.25) is 0 Å². The standard InChI is InChI=1S/C14H15N5O/c1-10-17-14(18-20-10)12-3-2-6-19(9-12)13-5-4-11(7-15)8-16-13/h4-5,8,12H,2-3,6,9H2,1H3. The van der Waals surface area contributed by atoms with Crippen molar-refractivity contribution in [3.63, 3.8) is 0 Å². The Bertz CT molecular complexity index is 628. The Balaban J connectivity index is 1.76. The minimum atomic E-state index is 0.277. The normalized spacial score (nSPS) is 18.8. The quantitative estimate of drug-likeness (QED) is 0.830. The highest BCUT2D eigenvalue weighted by Gasteiger charge is 2.25. The van der Waals surface area contributed by atoms with Crippen LogP contribution in [0.3, 0.4) is 0 Å². The van der Waals surface area contributed by atoms with Gasteiger partial charge in [-0.2, -0.15) is 10.2 Å². The summed E-state index contributed by atoms with van der Waals surface area (Å²) in [4.78, 5) is 10.9. The van der Waals surface area contributed by atoms with Gasteiger partial charge in [-0.25, -0.2) is 4.98 Å². The van der Waals surface area contributed by atoms with Gasteiger partial charge >= 0.3 is 0 Å². The summed E-state index contributed by atoms with van der Waals surface area (Å²) in [7, 11) is 0. The van der Waals surface area contributed by atoms with Crippen LogP contribution >= 0.6 is 0 Å². The van der Waals surface area contributed by atoms with E-state index in [0.717, 1.165) is 37.6 Å². The van der Waals surface area contributed by atoms with Crippen LogP contribution in [0.1, 0.15) is 36.0 Å².